The predicted octanol–water partition coefficient (Wildman–Crippen LogP) is 2.06. The summed E-state index contributed by atoms with van der Waals surface area (Å²) in [6.07, 6.45) is 0.606. The molecule has 6 heteroatoms. The topological polar surface area (TPSA) is 81.8 Å². The lowest BCUT2D eigenvalue weighted by Gasteiger charge is -2.11. The summed E-state index contributed by atoms with van der Waals surface area (Å²) in [7, 11) is 1.33. The highest BCUT2D eigenvalue weighted by Gasteiger charge is 2.18. The minimum atomic E-state index is -0.634. The Labute approximate surface area is 122 Å². The van der Waals surface area contributed by atoms with Crippen LogP contribution in [0.3, 0.4) is 0 Å². The molecule has 0 heterocycles. The summed E-state index contributed by atoms with van der Waals surface area (Å²) in [5.41, 5.74) is 7.16. The van der Waals surface area contributed by atoms with Crippen molar-refractivity contribution in [1.82, 2.24) is 0 Å². The van der Waals surface area contributed by atoms with Crippen molar-refractivity contribution >= 4 is 34.8 Å². The van der Waals surface area contributed by atoms with E-state index in [1.165, 1.54) is 7.11 Å². The van der Waals surface area contributed by atoms with Gasteiger partial charge >= 0.3 is 5.97 Å². The third-order valence-corrected chi connectivity index (χ3v) is 2.87. The summed E-state index contributed by atoms with van der Waals surface area (Å²) in [6.45, 7) is 1.61. The molecule has 1 atom stereocenters. The van der Waals surface area contributed by atoms with E-state index >= 15 is 0 Å². The van der Waals surface area contributed by atoms with Crippen molar-refractivity contribution < 1.29 is 14.3 Å². The number of carbonyl (C=O) groups is 2. The number of aliphatic imine (C=N–C) groups is 1. The average molecular weight is 292 g/mol. The predicted molar refractivity (Wildman–Crippen MR) is 79.4 cm³/mol. The number of nitrogens with zero attached hydrogens (tertiary/aromatic N) is 1. The Hall–Kier alpha value is -1.88. The molecule has 0 amide bonds. The standard InChI is InChI=1S/C14H16N2O3S/c1-9(15)14(18)11-5-3-4-10(13(11)16-8-20)6-7-12(17)19-2/h3-5,9H,6-7,15H2,1-2H3/t9-/m1/s1. The zero-order valence-electron chi connectivity index (χ0n) is 11.4. The number of thiocarbonyl (C=S) groups is 1. The number of ether oxygens (including phenoxy) is 1. The van der Waals surface area contributed by atoms with Gasteiger partial charge in [-0.2, -0.15) is 4.99 Å². The molecule has 0 unspecified atom stereocenters. The summed E-state index contributed by atoms with van der Waals surface area (Å²) in [5, 5.41) is 2.26. The molecule has 0 bridgehead atoms. The number of nitrogens with two attached hydrogens (primary N) is 1. The van der Waals surface area contributed by atoms with E-state index < -0.39 is 6.04 Å². The maximum atomic E-state index is 12.0. The zero-order valence-corrected chi connectivity index (χ0v) is 12.2. The molecule has 20 heavy (non-hydrogen) atoms. The van der Waals surface area contributed by atoms with Crippen LogP contribution in [-0.4, -0.2) is 30.1 Å². The van der Waals surface area contributed by atoms with Crippen molar-refractivity contribution in [3.63, 3.8) is 0 Å². The fraction of sp³-hybridized carbons (Fsp3) is 0.357. The first-order valence-electron chi connectivity index (χ1n) is 6.07. The summed E-state index contributed by atoms with van der Waals surface area (Å²) >= 11 is 4.61. The highest BCUT2D eigenvalue weighted by molar-refractivity contribution is 7.78. The van der Waals surface area contributed by atoms with Crippen LogP contribution >= 0.6 is 12.2 Å². The van der Waals surface area contributed by atoms with Crippen molar-refractivity contribution in [3.8, 4) is 0 Å². The molecule has 1 rings (SSSR count). The summed E-state index contributed by atoms with van der Waals surface area (Å²) in [5.74, 6) is -0.555. The third kappa shape index (κ3) is 4.06. The van der Waals surface area contributed by atoms with Gasteiger partial charge in [-0.25, -0.2) is 0 Å². The van der Waals surface area contributed by atoms with Crippen LogP contribution in [-0.2, 0) is 16.0 Å². The third-order valence-electron chi connectivity index (χ3n) is 2.78. The Bertz CT molecular complexity index is 564. The van der Waals surface area contributed by atoms with Gasteiger partial charge in [0.15, 0.2) is 5.78 Å². The van der Waals surface area contributed by atoms with Gasteiger partial charge in [0, 0.05) is 12.0 Å². The van der Waals surface area contributed by atoms with Crippen LogP contribution in [0.5, 0.6) is 0 Å². The number of hydrogen-bond donors (Lipinski definition) is 1. The van der Waals surface area contributed by atoms with Crippen molar-refractivity contribution in [2.75, 3.05) is 7.11 Å². The number of hydrogen-bond acceptors (Lipinski definition) is 6. The molecule has 0 saturated heterocycles. The minimum absolute atomic E-state index is 0.201. The Balaban J connectivity index is 3.18. The van der Waals surface area contributed by atoms with Crippen LogP contribution < -0.4 is 5.73 Å². The van der Waals surface area contributed by atoms with Crippen LogP contribution in [0.25, 0.3) is 0 Å². The molecule has 0 spiro atoms. The smallest absolute Gasteiger partial charge is 0.305 e. The Kier molecular flexibility index (Phi) is 6.18. The fourth-order valence-corrected chi connectivity index (χ4v) is 1.84. The normalized spacial score (nSPS) is 11.3. The first kappa shape index (κ1) is 16.2. The van der Waals surface area contributed by atoms with E-state index in [-0.39, 0.29) is 18.2 Å². The lowest BCUT2D eigenvalue weighted by molar-refractivity contribution is -0.140. The molecular formula is C14H16N2O3S. The SMILES string of the molecule is COC(=O)CCc1cccc(C(=O)[C@@H](C)N)c1N=C=S. The summed E-state index contributed by atoms with van der Waals surface area (Å²) in [4.78, 5) is 27.2. The molecule has 0 fully saturated rings. The summed E-state index contributed by atoms with van der Waals surface area (Å²) < 4.78 is 4.60. The molecule has 0 aromatic heterocycles. The molecule has 106 valence electrons. The number of ketones is 1. The molecule has 0 aliphatic rings. The van der Waals surface area contributed by atoms with Gasteiger partial charge in [0.05, 0.1) is 24.0 Å². The highest BCUT2D eigenvalue weighted by Crippen LogP contribution is 2.26. The number of benzene rings is 1. The van der Waals surface area contributed by atoms with Crippen LogP contribution in [0.2, 0.25) is 0 Å². The Morgan fingerprint density at radius 2 is 2.20 bits per heavy atom. The number of para-hydroxylation sites is 1. The van der Waals surface area contributed by atoms with E-state index in [1.54, 1.807) is 25.1 Å². The molecule has 1 aromatic rings. The van der Waals surface area contributed by atoms with Crippen LogP contribution in [0.4, 0.5) is 5.69 Å². The lowest BCUT2D eigenvalue weighted by atomic mass is 9.98. The van der Waals surface area contributed by atoms with Crippen molar-refractivity contribution in [2.45, 2.75) is 25.8 Å². The largest absolute Gasteiger partial charge is 0.469 e. The number of isothiocyanates is 1. The second-order valence-corrected chi connectivity index (χ2v) is 4.43. The minimum Gasteiger partial charge on any atom is -0.469 e. The van der Waals surface area contributed by atoms with Crippen LogP contribution in [0, 0.1) is 0 Å². The molecular weight excluding hydrogens is 276 g/mol. The Morgan fingerprint density at radius 3 is 2.75 bits per heavy atom. The van der Waals surface area contributed by atoms with Gasteiger partial charge in [-0.1, -0.05) is 12.1 Å². The molecule has 0 saturated carbocycles. The van der Waals surface area contributed by atoms with Gasteiger partial charge < -0.3 is 10.5 Å². The van der Waals surface area contributed by atoms with E-state index in [0.717, 1.165) is 5.56 Å². The molecule has 1 aromatic carbocycles. The van der Waals surface area contributed by atoms with Gasteiger partial charge in [0.2, 0.25) is 0 Å². The molecule has 0 aliphatic heterocycles. The number of methoxy groups -OCH3 is 1. The van der Waals surface area contributed by atoms with Gasteiger partial charge in [-0.05, 0) is 37.2 Å². The van der Waals surface area contributed by atoms with E-state index in [4.69, 9.17) is 5.73 Å². The number of aryl methyl sites for hydroxylation is 1. The summed E-state index contributed by atoms with van der Waals surface area (Å²) in [6, 6.07) is 4.51. The van der Waals surface area contributed by atoms with Crippen molar-refractivity contribution in [3.05, 3.63) is 29.3 Å². The van der Waals surface area contributed by atoms with Crippen molar-refractivity contribution in [2.24, 2.45) is 10.7 Å². The van der Waals surface area contributed by atoms with Gasteiger partial charge in [-0.3, -0.25) is 9.59 Å². The quantitative estimate of drug-likeness (QED) is 0.375. The fourth-order valence-electron chi connectivity index (χ4n) is 1.75. The van der Waals surface area contributed by atoms with E-state index in [2.05, 4.69) is 27.1 Å². The second kappa shape index (κ2) is 7.65. The number of esters is 1. The van der Waals surface area contributed by atoms with E-state index in [0.29, 0.717) is 17.7 Å². The first-order valence-corrected chi connectivity index (χ1v) is 6.48. The van der Waals surface area contributed by atoms with Crippen LogP contribution in [0.15, 0.2) is 23.2 Å². The lowest BCUT2D eigenvalue weighted by Crippen LogP contribution is -2.26. The monoisotopic (exact) mass is 292 g/mol. The van der Waals surface area contributed by atoms with Gasteiger partial charge in [0.1, 0.15) is 0 Å². The van der Waals surface area contributed by atoms with E-state index in [9.17, 15) is 9.59 Å². The van der Waals surface area contributed by atoms with Gasteiger partial charge in [0.25, 0.3) is 0 Å². The maximum absolute atomic E-state index is 12.0. The molecule has 0 aliphatic carbocycles. The van der Waals surface area contributed by atoms with Crippen LogP contribution in [0.1, 0.15) is 29.3 Å². The average Bonchev–Trinajstić information content (AvgIpc) is 2.45. The first-order chi connectivity index (χ1) is 9.51. The maximum Gasteiger partial charge on any atom is 0.305 e. The molecule has 2 N–H and O–H groups in total. The second-order valence-electron chi connectivity index (χ2n) is 4.25. The molecule has 0 radical (unpaired) electrons. The highest BCUT2D eigenvalue weighted by atomic mass is 32.1. The number of rotatable bonds is 6. The zero-order chi connectivity index (χ0) is 15.1. The Morgan fingerprint density at radius 1 is 1.50 bits per heavy atom. The van der Waals surface area contributed by atoms with E-state index in [1.807, 2.05) is 0 Å². The molecule has 5 nitrogen and oxygen atoms in total. The number of Topliss-reactive ketones (excluding diaryl/α,β-unsaturated/α-hetero) is 1. The number of carbonyl (C=O) groups excluding carboxylic acids is 2. The van der Waals surface area contributed by atoms with Gasteiger partial charge in [-0.15, -0.1) is 0 Å². The van der Waals surface area contributed by atoms with Crippen molar-refractivity contribution in [1.29, 1.82) is 0 Å².